The zero-order chi connectivity index (χ0) is 20.7. The molecule has 1 amide bonds. The second-order valence-electron chi connectivity index (χ2n) is 7.17. The largest absolute Gasteiger partial charge is 0.465 e. The van der Waals surface area contributed by atoms with E-state index < -0.39 is 5.97 Å². The topological polar surface area (TPSA) is 81.5 Å². The lowest BCUT2D eigenvalue weighted by Crippen LogP contribution is -2.26. The fourth-order valence-corrected chi connectivity index (χ4v) is 4.85. The number of esters is 1. The number of carbonyl (C=O) groups excluding carboxylic acids is 2. The van der Waals surface area contributed by atoms with Crippen LogP contribution in [0.4, 0.5) is 0 Å². The summed E-state index contributed by atoms with van der Waals surface area (Å²) in [6, 6.07) is 6.95. The van der Waals surface area contributed by atoms with Crippen LogP contribution in [-0.4, -0.2) is 40.5 Å². The Hall–Kier alpha value is -3.00. The van der Waals surface area contributed by atoms with Gasteiger partial charge in [0.05, 0.1) is 22.9 Å². The summed E-state index contributed by atoms with van der Waals surface area (Å²) in [6.07, 6.45) is 1.73. The monoisotopic (exact) mass is 411 g/mol. The predicted molar refractivity (Wildman–Crippen MR) is 111 cm³/mol. The number of amides is 1. The summed E-state index contributed by atoms with van der Waals surface area (Å²) in [4.78, 5) is 44.8. The van der Waals surface area contributed by atoms with Crippen LogP contribution in [0.25, 0.3) is 10.2 Å². The van der Waals surface area contributed by atoms with E-state index in [1.54, 1.807) is 40.8 Å². The number of hydrogen-bond donors (Lipinski definition) is 0. The molecule has 8 heteroatoms. The van der Waals surface area contributed by atoms with Crippen molar-refractivity contribution in [3.8, 4) is 0 Å². The molecule has 1 aliphatic heterocycles. The van der Waals surface area contributed by atoms with Gasteiger partial charge in [-0.05, 0) is 36.6 Å². The van der Waals surface area contributed by atoms with Gasteiger partial charge in [-0.1, -0.05) is 12.1 Å². The number of benzene rings is 1. The fourth-order valence-electron chi connectivity index (χ4n) is 3.66. The lowest BCUT2D eigenvalue weighted by atomic mass is 10.1. The number of methoxy groups -OCH3 is 1. The van der Waals surface area contributed by atoms with Crippen molar-refractivity contribution in [1.29, 1.82) is 0 Å². The third kappa shape index (κ3) is 3.33. The Balaban J connectivity index is 1.60. The first-order valence-corrected chi connectivity index (χ1v) is 10.2. The van der Waals surface area contributed by atoms with Crippen molar-refractivity contribution in [2.24, 2.45) is 0 Å². The van der Waals surface area contributed by atoms with Crippen LogP contribution in [0.1, 0.15) is 43.4 Å². The maximum Gasteiger partial charge on any atom is 0.337 e. The highest BCUT2D eigenvalue weighted by molar-refractivity contribution is 7.20. The summed E-state index contributed by atoms with van der Waals surface area (Å²) in [6.45, 7) is 2.89. The molecule has 0 fully saturated rings. The molecule has 1 aromatic carbocycles. The predicted octanol–water partition coefficient (Wildman–Crippen LogP) is 2.77. The minimum atomic E-state index is -0.396. The molecule has 3 heterocycles. The molecule has 7 nitrogen and oxygen atoms in total. The number of hydrogen-bond acceptors (Lipinski definition) is 6. The van der Waals surface area contributed by atoms with E-state index in [9.17, 15) is 14.4 Å². The number of thiophene rings is 1. The van der Waals surface area contributed by atoms with Crippen LogP contribution >= 0.6 is 11.3 Å². The molecule has 2 aromatic heterocycles. The molecule has 0 N–H and O–H groups in total. The molecular formula is C21H21N3O4S. The first kappa shape index (κ1) is 19.3. The van der Waals surface area contributed by atoms with E-state index in [-0.39, 0.29) is 11.5 Å². The van der Waals surface area contributed by atoms with E-state index in [2.05, 4.69) is 4.98 Å². The van der Waals surface area contributed by atoms with Gasteiger partial charge in [0.15, 0.2) is 0 Å². The van der Waals surface area contributed by atoms with Crippen LogP contribution in [0.2, 0.25) is 0 Å². The maximum atomic E-state index is 13.1. The van der Waals surface area contributed by atoms with Crippen molar-refractivity contribution in [3.63, 3.8) is 0 Å². The number of carbonyl (C=O) groups is 2. The van der Waals surface area contributed by atoms with Crippen LogP contribution in [0.5, 0.6) is 0 Å². The molecule has 0 aliphatic carbocycles. The van der Waals surface area contributed by atoms with Crippen molar-refractivity contribution in [1.82, 2.24) is 14.5 Å². The third-order valence-electron chi connectivity index (χ3n) is 5.25. The van der Waals surface area contributed by atoms with Crippen molar-refractivity contribution in [2.45, 2.75) is 32.9 Å². The van der Waals surface area contributed by atoms with E-state index in [1.807, 2.05) is 6.92 Å². The molecule has 29 heavy (non-hydrogen) atoms. The summed E-state index contributed by atoms with van der Waals surface area (Å²) in [7, 11) is 3.06. The van der Waals surface area contributed by atoms with Crippen LogP contribution in [0, 0.1) is 6.92 Å². The average Bonchev–Trinajstić information content (AvgIpc) is 3.32. The summed E-state index contributed by atoms with van der Waals surface area (Å²) in [5, 5.41) is 0.555. The first-order valence-electron chi connectivity index (χ1n) is 9.36. The van der Waals surface area contributed by atoms with Crippen molar-refractivity contribution >= 4 is 33.4 Å². The number of aryl methyl sites for hydroxylation is 2. The van der Waals surface area contributed by atoms with E-state index in [0.29, 0.717) is 39.3 Å². The maximum absolute atomic E-state index is 13.1. The molecule has 4 rings (SSSR count). The van der Waals surface area contributed by atoms with Gasteiger partial charge in [-0.15, -0.1) is 11.3 Å². The van der Waals surface area contributed by atoms with Crippen molar-refractivity contribution < 1.29 is 14.3 Å². The van der Waals surface area contributed by atoms with Crippen LogP contribution in [0.3, 0.4) is 0 Å². The van der Waals surface area contributed by atoms with E-state index in [0.717, 1.165) is 24.2 Å². The minimum absolute atomic E-state index is 0.0450. The molecule has 0 unspecified atom stereocenters. The standard InChI is InChI=1S/C21H21N3O4S/c1-12-16-18(22-15-5-4-10-24(15)19(16)25)29-17(12)20(26)23(2)11-13-6-8-14(9-7-13)21(27)28-3/h6-9H,4-5,10-11H2,1-3H3. The second kappa shape index (κ2) is 7.44. The first-order chi connectivity index (χ1) is 13.9. The van der Waals surface area contributed by atoms with Crippen LogP contribution in [-0.2, 0) is 24.2 Å². The van der Waals surface area contributed by atoms with Crippen LogP contribution < -0.4 is 5.56 Å². The minimum Gasteiger partial charge on any atom is -0.465 e. The number of nitrogens with zero attached hydrogens (tertiary/aromatic N) is 3. The molecule has 0 saturated heterocycles. The van der Waals surface area contributed by atoms with Gasteiger partial charge in [0, 0.05) is 26.6 Å². The smallest absolute Gasteiger partial charge is 0.337 e. The second-order valence-corrected chi connectivity index (χ2v) is 8.17. The molecule has 0 atom stereocenters. The number of aromatic nitrogens is 2. The Morgan fingerprint density at radius 3 is 2.69 bits per heavy atom. The molecule has 0 radical (unpaired) electrons. The van der Waals surface area contributed by atoms with Gasteiger partial charge in [-0.25, -0.2) is 9.78 Å². The Labute approximate surface area is 171 Å². The highest BCUT2D eigenvalue weighted by Gasteiger charge is 2.24. The Morgan fingerprint density at radius 2 is 2.00 bits per heavy atom. The zero-order valence-electron chi connectivity index (χ0n) is 16.5. The average molecular weight is 411 g/mol. The number of ether oxygens (including phenoxy) is 1. The molecule has 0 spiro atoms. The Bertz CT molecular complexity index is 1180. The lowest BCUT2D eigenvalue weighted by Gasteiger charge is -2.17. The van der Waals surface area contributed by atoms with Gasteiger partial charge in [0.1, 0.15) is 10.7 Å². The molecular weight excluding hydrogens is 390 g/mol. The zero-order valence-corrected chi connectivity index (χ0v) is 17.3. The highest BCUT2D eigenvalue weighted by atomic mass is 32.1. The van der Waals surface area contributed by atoms with Crippen molar-refractivity contribution in [2.75, 3.05) is 14.2 Å². The van der Waals surface area contributed by atoms with Gasteiger partial charge in [0.25, 0.3) is 11.5 Å². The van der Waals surface area contributed by atoms with Gasteiger partial charge in [0.2, 0.25) is 0 Å². The molecule has 1 aliphatic rings. The van der Waals surface area contributed by atoms with Gasteiger partial charge in [-0.3, -0.25) is 14.2 Å². The third-order valence-corrected chi connectivity index (χ3v) is 6.42. The van der Waals surface area contributed by atoms with Crippen molar-refractivity contribution in [3.05, 3.63) is 62.0 Å². The highest BCUT2D eigenvalue weighted by Crippen LogP contribution is 2.29. The lowest BCUT2D eigenvalue weighted by molar-refractivity contribution is 0.0600. The fraction of sp³-hybridized carbons (Fsp3) is 0.333. The summed E-state index contributed by atoms with van der Waals surface area (Å²) in [5.74, 6) is 0.265. The summed E-state index contributed by atoms with van der Waals surface area (Å²) >= 11 is 1.28. The van der Waals surface area contributed by atoms with Gasteiger partial charge >= 0.3 is 5.97 Å². The molecule has 0 bridgehead atoms. The molecule has 3 aromatic rings. The van der Waals surface area contributed by atoms with E-state index >= 15 is 0 Å². The quantitative estimate of drug-likeness (QED) is 0.617. The normalized spacial score (nSPS) is 12.8. The van der Waals surface area contributed by atoms with E-state index in [1.165, 1.54) is 18.4 Å². The van der Waals surface area contributed by atoms with E-state index in [4.69, 9.17) is 4.74 Å². The molecule has 150 valence electrons. The van der Waals surface area contributed by atoms with Gasteiger partial charge in [-0.2, -0.15) is 0 Å². The summed E-state index contributed by atoms with van der Waals surface area (Å²) in [5.41, 5.74) is 2.01. The van der Waals surface area contributed by atoms with Crippen LogP contribution in [0.15, 0.2) is 29.1 Å². The number of fused-ring (bicyclic) bond motifs is 2. The van der Waals surface area contributed by atoms with Gasteiger partial charge < -0.3 is 9.64 Å². The molecule has 0 saturated carbocycles. The Kier molecular flexibility index (Phi) is 4.96. The Morgan fingerprint density at radius 1 is 1.28 bits per heavy atom. The summed E-state index contributed by atoms with van der Waals surface area (Å²) < 4.78 is 6.42. The number of rotatable bonds is 4. The SMILES string of the molecule is COC(=O)c1ccc(CN(C)C(=O)c2sc3nc4n(c(=O)c3c2C)CCC4)cc1.